The highest BCUT2D eigenvalue weighted by Gasteiger charge is 2.13. The molecule has 1 aliphatic heterocycles. The molecule has 1 N–H and O–H groups in total. The van der Waals surface area contributed by atoms with Gasteiger partial charge in [-0.25, -0.2) is 4.98 Å². The van der Waals surface area contributed by atoms with Gasteiger partial charge >= 0.3 is 0 Å². The topological polar surface area (TPSA) is 56.3 Å². The Balaban J connectivity index is 1.77. The van der Waals surface area contributed by atoms with Gasteiger partial charge in [0.1, 0.15) is 5.69 Å². The number of hydrogen-bond acceptors (Lipinski definition) is 5. The van der Waals surface area contributed by atoms with Crippen LogP contribution in [0.1, 0.15) is 25.0 Å². The minimum Gasteiger partial charge on any atom is -0.480 e. The fraction of sp³-hybridized carbons (Fsp3) is 0.667. The normalized spacial score (nSPS) is 20.2. The number of hydrogen-bond donors (Lipinski definition) is 1. The molecule has 0 amide bonds. The molecule has 0 spiro atoms. The first-order chi connectivity index (χ1) is 8.40. The van der Waals surface area contributed by atoms with Gasteiger partial charge < -0.3 is 14.8 Å². The van der Waals surface area contributed by atoms with Gasteiger partial charge in [-0.3, -0.25) is 4.98 Å². The second kappa shape index (κ2) is 6.51. The molecule has 5 nitrogen and oxygen atoms in total. The van der Waals surface area contributed by atoms with Crippen LogP contribution in [-0.2, 0) is 11.3 Å². The van der Waals surface area contributed by atoms with Gasteiger partial charge in [0.15, 0.2) is 0 Å². The molecule has 1 aliphatic rings. The molecule has 17 heavy (non-hydrogen) atoms. The Morgan fingerprint density at radius 3 is 3.00 bits per heavy atom. The van der Waals surface area contributed by atoms with E-state index in [0.717, 1.165) is 18.8 Å². The van der Waals surface area contributed by atoms with E-state index < -0.39 is 0 Å². The van der Waals surface area contributed by atoms with Gasteiger partial charge in [-0.1, -0.05) is 6.42 Å². The second-order valence-corrected chi connectivity index (χ2v) is 4.17. The standard InChI is InChI=1S/C12H19N3O2/c1-16-12-11(14-6-7-15-12)9-17-8-10-4-2-3-5-13-10/h6-7,10,13H,2-5,8-9H2,1H3. The third-order valence-corrected chi connectivity index (χ3v) is 2.90. The first kappa shape index (κ1) is 12.3. The number of ether oxygens (including phenoxy) is 2. The maximum atomic E-state index is 5.66. The number of piperidine rings is 1. The molecule has 0 aliphatic carbocycles. The Kier molecular flexibility index (Phi) is 4.70. The maximum absolute atomic E-state index is 5.66. The van der Waals surface area contributed by atoms with Crippen molar-refractivity contribution in [3.05, 3.63) is 18.1 Å². The summed E-state index contributed by atoms with van der Waals surface area (Å²) in [5, 5.41) is 3.44. The molecule has 5 heteroatoms. The van der Waals surface area contributed by atoms with Crippen molar-refractivity contribution in [2.45, 2.75) is 31.9 Å². The van der Waals surface area contributed by atoms with Crippen LogP contribution >= 0.6 is 0 Å². The molecule has 0 radical (unpaired) electrons. The van der Waals surface area contributed by atoms with Gasteiger partial charge in [0, 0.05) is 18.4 Å². The van der Waals surface area contributed by atoms with Crippen molar-refractivity contribution in [3.63, 3.8) is 0 Å². The number of nitrogens with zero attached hydrogens (tertiary/aromatic N) is 2. The van der Waals surface area contributed by atoms with Gasteiger partial charge in [0.05, 0.1) is 20.3 Å². The zero-order valence-electron chi connectivity index (χ0n) is 10.2. The molecule has 1 aromatic heterocycles. The van der Waals surface area contributed by atoms with Crippen LogP contribution in [0.25, 0.3) is 0 Å². The maximum Gasteiger partial charge on any atom is 0.237 e. The average Bonchev–Trinajstić information content (AvgIpc) is 2.40. The van der Waals surface area contributed by atoms with Crippen LogP contribution in [0.15, 0.2) is 12.4 Å². The van der Waals surface area contributed by atoms with Crippen LogP contribution in [0, 0.1) is 0 Å². The smallest absolute Gasteiger partial charge is 0.237 e. The van der Waals surface area contributed by atoms with E-state index in [0.29, 0.717) is 18.5 Å². The quantitative estimate of drug-likeness (QED) is 0.832. The highest BCUT2D eigenvalue weighted by atomic mass is 16.5. The number of methoxy groups -OCH3 is 1. The third kappa shape index (κ3) is 3.64. The lowest BCUT2D eigenvalue weighted by Gasteiger charge is -2.23. The van der Waals surface area contributed by atoms with E-state index in [4.69, 9.17) is 9.47 Å². The Morgan fingerprint density at radius 1 is 1.35 bits per heavy atom. The molecule has 1 fully saturated rings. The van der Waals surface area contributed by atoms with E-state index in [9.17, 15) is 0 Å². The summed E-state index contributed by atoms with van der Waals surface area (Å²) < 4.78 is 10.8. The highest BCUT2D eigenvalue weighted by molar-refractivity contribution is 5.15. The van der Waals surface area contributed by atoms with Crippen molar-refractivity contribution in [2.24, 2.45) is 0 Å². The minimum atomic E-state index is 0.454. The van der Waals surface area contributed by atoms with Crippen LogP contribution in [0.4, 0.5) is 0 Å². The van der Waals surface area contributed by atoms with Crippen LogP contribution in [0.5, 0.6) is 5.88 Å². The minimum absolute atomic E-state index is 0.454. The fourth-order valence-electron chi connectivity index (χ4n) is 1.99. The van der Waals surface area contributed by atoms with Gasteiger partial charge in [-0.15, -0.1) is 0 Å². The fourth-order valence-corrected chi connectivity index (χ4v) is 1.99. The zero-order chi connectivity index (χ0) is 11.9. The Hall–Kier alpha value is -1.20. The van der Waals surface area contributed by atoms with E-state index in [1.807, 2.05) is 0 Å². The summed E-state index contributed by atoms with van der Waals surface area (Å²) in [5.41, 5.74) is 0.755. The number of rotatable bonds is 5. The van der Waals surface area contributed by atoms with Gasteiger partial charge in [-0.2, -0.15) is 0 Å². The van der Waals surface area contributed by atoms with E-state index in [2.05, 4.69) is 15.3 Å². The SMILES string of the molecule is COc1nccnc1COCC1CCCCN1. The summed E-state index contributed by atoms with van der Waals surface area (Å²) in [6.45, 7) is 2.28. The molecular formula is C12H19N3O2. The summed E-state index contributed by atoms with van der Waals surface area (Å²) in [4.78, 5) is 8.28. The predicted molar refractivity (Wildman–Crippen MR) is 63.9 cm³/mol. The second-order valence-electron chi connectivity index (χ2n) is 4.17. The van der Waals surface area contributed by atoms with Gasteiger partial charge in [-0.05, 0) is 19.4 Å². The van der Waals surface area contributed by atoms with E-state index in [1.165, 1.54) is 19.3 Å². The lowest BCUT2D eigenvalue weighted by molar-refractivity contribution is 0.0871. The largest absolute Gasteiger partial charge is 0.480 e. The first-order valence-corrected chi connectivity index (χ1v) is 6.05. The highest BCUT2D eigenvalue weighted by Crippen LogP contribution is 2.13. The summed E-state index contributed by atoms with van der Waals surface area (Å²) in [6.07, 6.45) is 7.02. The van der Waals surface area contributed by atoms with Gasteiger partial charge in [0.2, 0.25) is 5.88 Å². The first-order valence-electron chi connectivity index (χ1n) is 6.05. The van der Waals surface area contributed by atoms with Crippen molar-refractivity contribution in [3.8, 4) is 5.88 Å². The van der Waals surface area contributed by atoms with Crippen molar-refractivity contribution in [1.82, 2.24) is 15.3 Å². The third-order valence-electron chi connectivity index (χ3n) is 2.90. The molecule has 1 aromatic rings. The van der Waals surface area contributed by atoms with Crippen molar-refractivity contribution >= 4 is 0 Å². The monoisotopic (exact) mass is 237 g/mol. The van der Waals surface area contributed by atoms with Crippen molar-refractivity contribution in [1.29, 1.82) is 0 Å². The molecular weight excluding hydrogens is 218 g/mol. The summed E-state index contributed by atoms with van der Waals surface area (Å²) in [5.74, 6) is 0.545. The van der Waals surface area contributed by atoms with Crippen LogP contribution in [-0.4, -0.2) is 36.3 Å². The Bertz CT molecular complexity index is 340. The van der Waals surface area contributed by atoms with E-state index in [-0.39, 0.29) is 0 Å². The molecule has 1 saturated heterocycles. The molecule has 2 rings (SSSR count). The summed E-state index contributed by atoms with van der Waals surface area (Å²) in [6, 6.07) is 0.478. The number of nitrogens with one attached hydrogen (secondary N) is 1. The predicted octanol–water partition coefficient (Wildman–Crippen LogP) is 1.14. The van der Waals surface area contributed by atoms with E-state index >= 15 is 0 Å². The Labute approximate surface area is 102 Å². The molecule has 0 aromatic carbocycles. The lowest BCUT2D eigenvalue weighted by atomic mass is 10.1. The molecule has 2 heterocycles. The molecule has 1 atom stereocenters. The summed E-state index contributed by atoms with van der Waals surface area (Å²) in [7, 11) is 1.59. The van der Waals surface area contributed by atoms with Crippen LogP contribution in [0.3, 0.4) is 0 Å². The number of aromatic nitrogens is 2. The average molecular weight is 237 g/mol. The molecule has 1 unspecified atom stereocenters. The van der Waals surface area contributed by atoms with Crippen molar-refractivity contribution in [2.75, 3.05) is 20.3 Å². The van der Waals surface area contributed by atoms with Crippen LogP contribution in [0.2, 0.25) is 0 Å². The lowest BCUT2D eigenvalue weighted by Crippen LogP contribution is -2.37. The zero-order valence-corrected chi connectivity index (χ0v) is 10.2. The van der Waals surface area contributed by atoms with Crippen LogP contribution < -0.4 is 10.1 Å². The molecule has 0 saturated carbocycles. The van der Waals surface area contributed by atoms with Gasteiger partial charge in [0.25, 0.3) is 0 Å². The Morgan fingerprint density at radius 2 is 2.24 bits per heavy atom. The molecule has 94 valence electrons. The van der Waals surface area contributed by atoms with Crippen molar-refractivity contribution < 1.29 is 9.47 Å². The summed E-state index contributed by atoms with van der Waals surface area (Å²) >= 11 is 0. The molecule has 0 bridgehead atoms. The van der Waals surface area contributed by atoms with E-state index in [1.54, 1.807) is 19.5 Å².